The number of anilines is 1. The van der Waals surface area contributed by atoms with Gasteiger partial charge in [-0.25, -0.2) is 9.97 Å². The lowest BCUT2D eigenvalue weighted by Crippen LogP contribution is -2.20. The molecule has 0 amide bonds. The summed E-state index contributed by atoms with van der Waals surface area (Å²) in [6.07, 6.45) is 3.60. The van der Waals surface area contributed by atoms with Crippen LogP contribution in [0.15, 0.2) is 78.9 Å². The van der Waals surface area contributed by atoms with Crippen molar-refractivity contribution >= 4 is 16.7 Å². The van der Waals surface area contributed by atoms with Crippen molar-refractivity contribution in [2.75, 3.05) is 18.5 Å². The summed E-state index contributed by atoms with van der Waals surface area (Å²) in [4.78, 5) is 12.0. The molecule has 4 aromatic rings. The highest BCUT2D eigenvalue weighted by molar-refractivity contribution is 5.91. The number of benzene rings is 3. The molecule has 3 aromatic carbocycles. The van der Waals surface area contributed by atoms with E-state index in [0.717, 1.165) is 52.4 Å². The lowest BCUT2D eigenvalue weighted by atomic mass is 10.1. The monoisotopic (exact) mass is 411 g/mol. The largest absolute Gasteiger partial charge is 0.489 e. The second-order valence-electron chi connectivity index (χ2n) is 7.82. The molecule has 0 fully saturated rings. The van der Waals surface area contributed by atoms with Crippen LogP contribution in [0.3, 0.4) is 0 Å². The van der Waals surface area contributed by atoms with Gasteiger partial charge in [-0.05, 0) is 48.4 Å². The van der Waals surface area contributed by atoms with Crippen molar-refractivity contribution in [1.29, 1.82) is 0 Å². The van der Waals surface area contributed by atoms with Crippen molar-refractivity contribution in [3.05, 3.63) is 84.4 Å². The Bertz CT molecular complexity index is 1110. The standard InChI is InChI=1S/C27H29N3O/c1-3-4-10-19-30(2)27-24-13-8-9-14-25(24)28-26(29-27)22-15-17-23(18-16-22)31-20-21-11-6-5-7-12-21/h5-9,11-18H,3-4,10,19-20H2,1-2H3. The van der Waals surface area contributed by atoms with E-state index in [4.69, 9.17) is 14.7 Å². The molecule has 4 nitrogen and oxygen atoms in total. The maximum atomic E-state index is 5.92. The van der Waals surface area contributed by atoms with Crippen molar-refractivity contribution in [1.82, 2.24) is 9.97 Å². The van der Waals surface area contributed by atoms with Crippen LogP contribution in [-0.2, 0) is 6.61 Å². The van der Waals surface area contributed by atoms with E-state index in [1.54, 1.807) is 0 Å². The summed E-state index contributed by atoms with van der Waals surface area (Å²) in [5.74, 6) is 2.57. The molecule has 0 aliphatic rings. The Morgan fingerprint density at radius 2 is 1.55 bits per heavy atom. The van der Waals surface area contributed by atoms with Gasteiger partial charge in [-0.15, -0.1) is 0 Å². The molecule has 158 valence electrons. The molecule has 0 spiro atoms. The number of aromatic nitrogens is 2. The molecule has 0 bridgehead atoms. The van der Waals surface area contributed by atoms with Gasteiger partial charge in [0.05, 0.1) is 5.52 Å². The van der Waals surface area contributed by atoms with Crippen molar-refractivity contribution < 1.29 is 4.74 Å². The molecule has 31 heavy (non-hydrogen) atoms. The van der Waals surface area contributed by atoms with E-state index in [2.05, 4.69) is 43.1 Å². The molecule has 4 heteroatoms. The third kappa shape index (κ3) is 5.21. The zero-order chi connectivity index (χ0) is 21.5. The van der Waals surface area contributed by atoms with E-state index in [1.807, 2.05) is 54.6 Å². The minimum atomic E-state index is 0.555. The van der Waals surface area contributed by atoms with Crippen LogP contribution in [0.4, 0.5) is 5.82 Å². The van der Waals surface area contributed by atoms with Crippen LogP contribution in [0.5, 0.6) is 5.75 Å². The first-order valence-corrected chi connectivity index (χ1v) is 11.0. The molecular formula is C27H29N3O. The summed E-state index contributed by atoms with van der Waals surface area (Å²) in [5.41, 5.74) is 3.11. The van der Waals surface area contributed by atoms with Gasteiger partial charge in [0.15, 0.2) is 5.82 Å². The lowest BCUT2D eigenvalue weighted by Gasteiger charge is -2.20. The van der Waals surface area contributed by atoms with Gasteiger partial charge in [-0.1, -0.05) is 62.2 Å². The van der Waals surface area contributed by atoms with E-state index in [-0.39, 0.29) is 0 Å². The van der Waals surface area contributed by atoms with Crippen molar-refractivity contribution in [2.24, 2.45) is 0 Å². The highest BCUT2D eigenvalue weighted by Crippen LogP contribution is 2.28. The van der Waals surface area contributed by atoms with Gasteiger partial charge in [0, 0.05) is 24.5 Å². The number of ether oxygens (including phenoxy) is 1. The van der Waals surface area contributed by atoms with E-state index in [9.17, 15) is 0 Å². The minimum absolute atomic E-state index is 0.555. The SMILES string of the molecule is CCCCCN(C)c1nc(-c2ccc(OCc3ccccc3)cc2)nc2ccccc12. The average Bonchev–Trinajstić information content (AvgIpc) is 2.83. The first kappa shape index (κ1) is 20.9. The molecule has 0 saturated carbocycles. The summed E-state index contributed by atoms with van der Waals surface area (Å²) < 4.78 is 5.92. The number of hydrogen-bond acceptors (Lipinski definition) is 4. The van der Waals surface area contributed by atoms with Crippen LogP contribution >= 0.6 is 0 Å². The lowest BCUT2D eigenvalue weighted by molar-refractivity contribution is 0.306. The maximum Gasteiger partial charge on any atom is 0.162 e. The highest BCUT2D eigenvalue weighted by atomic mass is 16.5. The van der Waals surface area contributed by atoms with E-state index >= 15 is 0 Å². The van der Waals surface area contributed by atoms with Crippen molar-refractivity contribution in [3.8, 4) is 17.1 Å². The van der Waals surface area contributed by atoms with Gasteiger partial charge in [0.25, 0.3) is 0 Å². The molecule has 4 rings (SSSR count). The van der Waals surface area contributed by atoms with E-state index in [0.29, 0.717) is 6.61 Å². The first-order valence-electron chi connectivity index (χ1n) is 11.0. The van der Waals surface area contributed by atoms with Gasteiger partial charge in [-0.2, -0.15) is 0 Å². The summed E-state index contributed by atoms with van der Waals surface area (Å²) in [6.45, 7) is 3.77. The molecule has 1 heterocycles. The summed E-state index contributed by atoms with van der Waals surface area (Å²) in [7, 11) is 2.12. The molecule has 0 radical (unpaired) electrons. The maximum absolute atomic E-state index is 5.92. The molecule has 0 N–H and O–H groups in total. The minimum Gasteiger partial charge on any atom is -0.489 e. The zero-order valence-electron chi connectivity index (χ0n) is 18.3. The number of fused-ring (bicyclic) bond motifs is 1. The Labute approximate surface area is 184 Å². The smallest absolute Gasteiger partial charge is 0.162 e. The van der Waals surface area contributed by atoms with E-state index < -0.39 is 0 Å². The first-order chi connectivity index (χ1) is 15.2. The normalized spacial score (nSPS) is 10.9. The number of hydrogen-bond donors (Lipinski definition) is 0. The van der Waals surface area contributed by atoms with Crippen LogP contribution in [0, 0.1) is 0 Å². The molecule has 0 aliphatic heterocycles. The Morgan fingerprint density at radius 1 is 0.806 bits per heavy atom. The van der Waals surface area contributed by atoms with Gasteiger partial charge < -0.3 is 9.64 Å². The number of unbranched alkanes of at least 4 members (excludes halogenated alkanes) is 2. The number of para-hydroxylation sites is 1. The van der Waals surface area contributed by atoms with Gasteiger partial charge in [-0.3, -0.25) is 0 Å². The fourth-order valence-electron chi connectivity index (χ4n) is 3.63. The van der Waals surface area contributed by atoms with Gasteiger partial charge >= 0.3 is 0 Å². The molecule has 0 atom stereocenters. The molecular weight excluding hydrogens is 382 g/mol. The average molecular weight is 412 g/mol. The Morgan fingerprint density at radius 3 is 2.32 bits per heavy atom. The summed E-state index contributed by atoms with van der Waals surface area (Å²) >= 11 is 0. The predicted molar refractivity (Wildman–Crippen MR) is 129 cm³/mol. The molecule has 1 aromatic heterocycles. The van der Waals surface area contributed by atoms with Crippen molar-refractivity contribution in [2.45, 2.75) is 32.8 Å². The zero-order valence-corrected chi connectivity index (χ0v) is 18.3. The summed E-state index contributed by atoms with van der Waals surface area (Å²) in [5, 5.41) is 1.09. The third-order valence-corrected chi connectivity index (χ3v) is 5.40. The highest BCUT2D eigenvalue weighted by Gasteiger charge is 2.13. The van der Waals surface area contributed by atoms with Crippen molar-refractivity contribution in [3.63, 3.8) is 0 Å². The summed E-state index contributed by atoms with van der Waals surface area (Å²) in [6, 6.07) is 26.5. The van der Waals surface area contributed by atoms with Crippen LogP contribution < -0.4 is 9.64 Å². The topological polar surface area (TPSA) is 38.2 Å². The number of rotatable bonds is 9. The van der Waals surface area contributed by atoms with Gasteiger partial charge in [0.1, 0.15) is 18.2 Å². The Hall–Kier alpha value is -3.40. The van der Waals surface area contributed by atoms with Crippen LogP contribution in [0.2, 0.25) is 0 Å². The second-order valence-corrected chi connectivity index (χ2v) is 7.82. The fraction of sp³-hybridized carbons (Fsp3) is 0.259. The Kier molecular flexibility index (Phi) is 6.78. The second kappa shape index (κ2) is 10.1. The third-order valence-electron chi connectivity index (χ3n) is 5.40. The van der Waals surface area contributed by atoms with Crippen LogP contribution in [-0.4, -0.2) is 23.6 Å². The van der Waals surface area contributed by atoms with Gasteiger partial charge in [0.2, 0.25) is 0 Å². The quantitative estimate of drug-likeness (QED) is 0.295. The van der Waals surface area contributed by atoms with Crippen LogP contribution in [0.1, 0.15) is 31.7 Å². The predicted octanol–water partition coefficient (Wildman–Crippen LogP) is 6.50. The molecule has 0 aliphatic carbocycles. The van der Waals surface area contributed by atoms with E-state index in [1.165, 1.54) is 12.8 Å². The number of nitrogens with zero attached hydrogens (tertiary/aromatic N) is 3. The molecule has 0 unspecified atom stereocenters. The van der Waals surface area contributed by atoms with Crippen LogP contribution in [0.25, 0.3) is 22.3 Å². The molecule has 0 saturated heterocycles. The fourth-order valence-corrected chi connectivity index (χ4v) is 3.63. The Balaban J connectivity index is 1.57.